The first-order valence-corrected chi connectivity index (χ1v) is 6.41. The van der Waals surface area contributed by atoms with E-state index in [4.69, 9.17) is 0 Å². The molecule has 2 nitrogen and oxygen atoms in total. The number of hydrogen-bond acceptors (Lipinski definition) is 2. The van der Waals surface area contributed by atoms with Gasteiger partial charge in [0.1, 0.15) is 0 Å². The summed E-state index contributed by atoms with van der Waals surface area (Å²) in [6.45, 7) is 2.09. The van der Waals surface area contributed by atoms with Crippen LogP contribution in [0.3, 0.4) is 0 Å². The maximum absolute atomic E-state index is 3.18. The van der Waals surface area contributed by atoms with Gasteiger partial charge in [-0.1, -0.05) is 6.07 Å². The lowest BCUT2D eigenvalue weighted by atomic mass is 10.1. The van der Waals surface area contributed by atoms with Crippen LogP contribution in [0.4, 0.5) is 0 Å². The van der Waals surface area contributed by atoms with Crippen LogP contribution >= 0.6 is 22.6 Å². The lowest BCUT2D eigenvalue weighted by Gasteiger charge is -2.06. The Hall–Kier alpha value is -0.130. The maximum atomic E-state index is 3.18. The second-order valence-corrected chi connectivity index (χ2v) is 4.92. The van der Waals surface area contributed by atoms with Crippen molar-refractivity contribution in [2.24, 2.45) is 0 Å². The van der Waals surface area contributed by atoms with E-state index >= 15 is 0 Å². The number of nitrogens with one attached hydrogen (secondary N) is 2. The fourth-order valence-electron chi connectivity index (χ4n) is 1.54. The van der Waals surface area contributed by atoms with Gasteiger partial charge in [-0.15, -0.1) is 0 Å². The van der Waals surface area contributed by atoms with Gasteiger partial charge in [-0.3, -0.25) is 0 Å². The molecule has 1 aromatic carbocycles. The van der Waals surface area contributed by atoms with E-state index < -0.39 is 0 Å². The van der Waals surface area contributed by atoms with Crippen LogP contribution < -0.4 is 10.6 Å². The van der Waals surface area contributed by atoms with Crippen LogP contribution in [-0.4, -0.2) is 27.2 Å². The standard InChI is InChI=1S/C12H19IN2/c1-14-5-3-10-7-11(4-6-15-2)9-12(13)8-10/h7-9,14-15H,3-6H2,1-2H3. The smallest absolute Gasteiger partial charge is 0.0135 e. The second kappa shape index (κ2) is 7.19. The minimum absolute atomic E-state index is 1.05. The molecule has 0 atom stereocenters. The fourth-order valence-corrected chi connectivity index (χ4v) is 2.34. The van der Waals surface area contributed by atoms with Crippen LogP contribution in [0.25, 0.3) is 0 Å². The van der Waals surface area contributed by atoms with Crippen LogP contribution in [0.1, 0.15) is 11.1 Å². The Bertz CT molecular complexity index is 273. The summed E-state index contributed by atoms with van der Waals surface area (Å²) < 4.78 is 1.34. The van der Waals surface area contributed by atoms with E-state index in [0.29, 0.717) is 0 Å². The van der Waals surface area contributed by atoms with Gasteiger partial charge in [-0.2, -0.15) is 0 Å². The SMILES string of the molecule is CNCCc1cc(I)cc(CCNC)c1. The second-order valence-electron chi connectivity index (χ2n) is 3.67. The van der Waals surface area contributed by atoms with Crippen molar-refractivity contribution >= 4 is 22.6 Å². The first kappa shape index (κ1) is 12.9. The Kier molecular flexibility index (Phi) is 6.20. The average Bonchev–Trinajstić information content (AvgIpc) is 2.23. The number of likely N-dealkylation sites (N-methyl/N-ethyl adjacent to an activating group) is 2. The normalized spacial score (nSPS) is 10.6. The summed E-state index contributed by atoms with van der Waals surface area (Å²) in [6, 6.07) is 6.85. The Morgan fingerprint density at radius 3 is 1.80 bits per heavy atom. The summed E-state index contributed by atoms with van der Waals surface area (Å²) in [6.07, 6.45) is 2.22. The molecule has 2 N–H and O–H groups in total. The quantitative estimate of drug-likeness (QED) is 0.782. The molecule has 0 saturated carbocycles. The van der Waals surface area contributed by atoms with Gasteiger partial charge < -0.3 is 10.6 Å². The van der Waals surface area contributed by atoms with Crippen molar-refractivity contribution in [2.45, 2.75) is 12.8 Å². The molecular weight excluding hydrogens is 299 g/mol. The minimum atomic E-state index is 1.05. The van der Waals surface area contributed by atoms with Crippen molar-refractivity contribution in [3.63, 3.8) is 0 Å². The molecule has 1 aromatic rings. The number of rotatable bonds is 6. The zero-order chi connectivity index (χ0) is 11.1. The van der Waals surface area contributed by atoms with Gasteiger partial charge in [-0.25, -0.2) is 0 Å². The number of benzene rings is 1. The third-order valence-corrected chi connectivity index (χ3v) is 2.97. The van der Waals surface area contributed by atoms with E-state index in [1.165, 1.54) is 14.7 Å². The maximum Gasteiger partial charge on any atom is 0.0135 e. The van der Waals surface area contributed by atoms with Crippen molar-refractivity contribution in [3.8, 4) is 0 Å². The monoisotopic (exact) mass is 318 g/mol. The molecule has 0 aliphatic rings. The van der Waals surface area contributed by atoms with Crippen molar-refractivity contribution in [3.05, 3.63) is 32.9 Å². The molecule has 0 saturated heterocycles. The van der Waals surface area contributed by atoms with Gasteiger partial charge >= 0.3 is 0 Å². The van der Waals surface area contributed by atoms with E-state index in [9.17, 15) is 0 Å². The van der Waals surface area contributed by atoms with Crippen LogP contribution in [0.15, 0.2) is 18.2 Å². The predicted octanol–water partition coefficient (Wildman–Crippen LogP) is 1.81. The topological polar surface area (TPSA) is 24.1 Å². The van der Waals surface area contributed by atoms with Crippen molar-refractivity contribution in [1.29, 1.82) is 0 Å². The lowest BCUT2D eigenvalue weighted by Crippen LogP contribution is -2.12. The van der Waals surface area contributed by atoms with Crippen LogP contribution in [0, 0.1) is 3.57 Å². The number of hydrogen-bond donors (Lipinski definition) is 2. The van der Waals surface area contributed by atoms with E-state index in [1.807, 2.05) is 14.1 Å². The van der Waals surface area contributed by atoms with Crippen LogP contribution in [0.5, 0.6) is 0 Å². The zero-order valence-electron chi connectivity index (χ0n) is 9.44. The third kappa shape index (κ3) is 4.95. The van der Waals surface area contributed by atoms with Crippen LogP contribution in [-0.2, 0) is 12.8 Å². The molecule has 0 spiro atoms. The Balaban J connectivity index is 2.66. The highest BCUT2D eigenvalue weighted by Crippen LogP contribution is 2.13. The summed E-state index contributed by atoms with van der Waals surface area (Å²) in [5.74, 6) is 0. The highest BCUT2D eigenvalue weighted by Gasteiger charge is 1.99. The highest BCUT2D eigenvalue weighted by atomic mass is 127. The Morgan fingerprint density at radius 1 is 0.933 bits per heavy atom. The molecule has 1 rings (SSSR count). The predicted molar refractivity (Wildman–Crippen MR) is 74.4 cm³/mol. The van der Waals surface area contributed by atoms with Crippen molar-refractivity contribution in [1.82, 2.24) is 10.6 Å². The summed E-state index contributed by atoms with van der Waals surface area (Å²) >= 11 is 2.39. The molecule has 0 heterocycles. The van der Waals surface area contributed by atoms with Crippen LogP contribution in [0.2, 0.25) is 0 Å². The van der Waals surface area contributed by atoms with Gasteiger partial charge in [-0.05, 0) is 85.9 Å². The summed E-state index contributed by atoms with van der Waals surface area (Å²) in [5, 5.41) is 6.37. The third-order valence-electron chi connectivity index (χ3n) is 2.34. The largest absolute Gasteiger partial charge is 0.319 e. The molecule has 0 unspecified atom stereocenters. The molecular formula is C12H19IN2. The first-order valence-electron chi connectivity index (χ1n) is 5.34. The molecule has 0 amide bonds. The minimum Gasteiger partial charge on any atom is -0.319 e. The van der Waals surface area contributed by atoms with E-state index in [1.54, 1.807) is 0 Å². The van der Waals surface area contributed by atoms with Crippen molar-refractivity contribution < 1.29 is 0 Å². The molecule has 0 bridgehead atoms. The van der Waals surface area contributed by atoms with Gasteiger partial charge in [0, 0.05) is 3.57 Å². The molecule has 0 aliphatic carbocycles. The molecule has 0 aromatic heterocycles. The molecule has 0 aliphatic heterocycles. The van der Waals surface area contributed by atoms with E-state index in [-0.39, 0.29) is 0 Å². The molecule has 84 valence electrons. The van der Waals surface area contributed by atoms with Gasteiger partial charge in [0.15, 0.2) is 0 Å². The zero-order valence-corrected chi connectivity index (χ0v) is 11.6. The summed E-state index contributed by atoms with van der Waals surface area (Å²) in [5.41, 5.74) is 2.87. The van der Waals surface area contributed by atoms with E-state index in [2.05, 4.69) is 51.4 Å². The molecule has 0 radical (unpaired) electrons. The van der Waals surface area contributed by atoms with Gasteiger partial charge in [0.25, 0.3) is 0 Å². The van der Waals surface area contributed by atoms with Gasteiger partial charge in [0.05, 0.1) is 0 Å². The van der Waals surface area contributed by atoms with Gasteiger partial charge in [0.2, 0.25) is 0 Å². The molecule has 3 heteroatoms. The van der Waals surface area contributed by atoms with Crippen molar-refractivity contribution in [2.75, 3.05) is 27.2 Å². The lowest BCUT2D eigenvalue weighted by molar-refractivity contribution is 0.779. The van der Waals surface area contributed by atoms with E-state index in [0.717, 1.165) is 25.9 Å². The summed E-state index contributed by atoms with van der Waals surface area (Å²) in [7, 11) is 3.99. The highest BCUT2D eigenvalue weighted by molar-refractivity contribution is 14.1. The average molecular weight is 318 g/mol. The molecule has 15 heavy (non-hydrogen) atoms. The molecule has 0 fully saturated rings. The Morgan fingerprint density at radius 2 is 1.40 bits per heavy atom. The summed E-state index contributed by atoms with van der Waals surface area (Å²) in [4.78, 5) is 0. The fraction of sp³-hybridized carbons (Fsp3) is 0.500. The Labute approximate surface area is 106 Å². The number of halogens is 1. The first-order chi connectivity index (χ1) is 7.26.